The molecule has 0 spiro atoms. The van der Waals surface area contributed by atoms with Crippen LogP contribution < -0.4 is 10.1 Å². The van der Waals surface area contributed by atoms with Gasteiger partial charge in [0.2, 0.25) is 5.82 Å². The van der Waals surface area contributed by atoms with Gasteiger partial charge in [0.05, 0.1) is 0 Å². The first-order chi connectivity index (χ1) is 13.7. The van der Waals surface area contributed by atoms with Gasteiger partial charge in [0.15, 0.2) is 0 Å². The van der Waals surface area contributed by atoms with Crippen LogP contribution in [-0.2, 0) is 0 Å². The van der Waals surface area contributed by atoms with Gasteiger partial charge in [0.1, 0.15) is 11.5 Å². The first-order valence-corrected chi connectivity index (χ1v) is 8.67. The standard InChI is InChI=1S/C21H17N5O2/c1-14-5-9-18(10-6-14)28-19-11-7-17(8-12-19)22-21(27)16-4-2-3-15(13-16)20-23-25-26-24-20/h2-13H,1H3,(H,22,27)(H,23,24,25,26). The van der Waals surface area contributed by atoms with E-state index in [-0.39, 0.29) is 5.91 Å². The lowest BCUT2D eigenvalue weighted by atomic mass is 10.1. The summed E-state index contributed by atoms with van der Waals surface area (Å²) in [7, 11) is 0. The number of carbonyl (C=O) groups is 1. The highest BCUT2D eigenvalue weighted by Crippen LogP contribution is 2.24. The van der Waals surface area contributed by atoms with E-state index >= 15 is 0 Å². The number of anilines is 1. The number of amides is 1. The number of hydrogen-bond donors (Lipinski definition) is 2. The second-order valence-corrected chi connectivity index (χ2v) is 6.21. The number of benzene rings is 3. The highest BCUT2D eigenvalue weighted by molar-refractivity contribution is 6.04. The Morgan fingerprint density at radius 3 is 2.36 bits per heavy atom. The Kier molecular flexibility index (Phi) is 4.79. The zero-order valence-electron chi connectivity index (χ0n) is 15.1. The van der Waals surface area contributed by atoms with Gasteiger partial charge in [-0.3, -0.25) is 4.79 Å². The van der Waals surface area contributed by atoms with Crippen LogP contribution in [0.25, 0.3) is 11.4 Å². The number of aromatic amines is 1. The average molecular weight is 371 g/mol. The summed E-state index contributed by atoms with van der Waals surface area (Å²) in [6.45, 7) is 2.03. The molecule has 4 aromatic rings. The van der Waals surface area contributed by atoms with Crippen molar-refractivity contribution in [2.24, 2.45) is 0 Å². The van der Waals surface area contributed by atoms with Crippen LogP contribution in [0.5, 0.6) is 11.5 Å². The van der Waals surface area contributed by atoms with Gasteiger partial charge in [-0.25, -0.2) is 0 Å². The summed E-state index contributed by atoms with van der Waals surface area (Å²) < 4.78 is 5.80. The number of rotatable bonds is 5. The number of aromatic nitrogens is 4. The van der Waals surface area contributed by atoms with Crippen molar-refractivity contribution in [3.8, 4) is 22.9 Å². The Morgan fingerprint density at radius 2 is 1.68 bits per heavy atom. The Labute approximate surface area is 161 Å². The zero-order valence-corrected chi connectivity index (χ0v) is 15.1. The van der Waals surface area contributed by atoms with Crippen LogP contribution in [0.4, 0.5) is 5.69 Å². The fourth-order valence-electron chi connectivity index (χ4n) is 2.64. The van der Waals surface area contributed by atoms with Gasteiger partial charge in [-0.05, 0) is 60.7 Å². The van der Waals surface area contributed by atoms with Crippen LogP contribution in [0.2, 0.25) is 0 Å². The summed E-state index contributed by atoms with van der Waals surface area (Å²) in [5.41, 5.74) is 3.06. The van der Waals surface area contributed by atoms with Crippen molar-refractivity contribution in [1.29, 1.82) is 0 Å². The Bertz CT molecular complexity index is 1070. The maximum Gasteiger partial charge on any atom is 0.255 e. The van der Waals surface area contributed by atoms with E-state index in [2.05, 4.69) is 25.9 Å². The predicted molar refractivity (Wildman–Crippen MR) is 105 cm³/mol. The normalized spacial score (nSPS) is 10.5. The molecule has 3 aromatic carbocycles. The molecule has 7 nitrogen and oxygen atoms in total. The van der Waals surface area contributed by atoms with Crippen LogP contribution in [0.1, 0.15) is 15.9 Å². The van der Waals surface area contributed by atoms with Gasteiger partial charge in [0.25, 0.3) is 5.91 Å². The summed E-state index contributed by atoms with van der Waals surface area (Å²) in [4.78, 5) is 12.5. The quantitative estimate of drug-likeness (QED) is 0.548. The third-order valence-corrected chi connectivity index (χ3v) is 4.10. The number of hydrogen-bond acceptors (Lipinski definition) is 5. The molecular formula is C21H17N5O2. The second kappa shape index (κ2) is 7.71. The minimum absolute atomic E-state index is 0.224. The Morgan fingerprint density at radius 1 is 0.964 bits per heavy atom. The smallest absolute Gasteiger partial charge is 0.255 e. The first-order valence-electron chi connectivity index (χ1n) is 8.67. The molecule has 0 atom stereocenters. The number of nitrogens with one attached hydrogen (secondary N) is 2. The maximum atomic E-state index is 12.5. The van der Waals surface area contributed by atoms with Gasteiger partial charge < -0.3 is 10.1 Å². The fourth-order valence-corrected chi connectivity index (χ4v) is 2.64. The molecule has 0 saturated carbocycles. The van der Waals surface area contributed by atoms with Crippen molar-refractivity contribution in [2.75, 3.05) is 5.32 Å². The maximum absolute atomic E-state index is 12.5. The highest BCUT2D eigenvalue weighted by Gasteiger charge is 2.10. The monoisotopic (exact) mass is 371 g/mol. The molecule has 2 N–H and O–H groups in total. The minimum atomic E-state index is -0.224. The minimum Gasteiger partial charge on any atom is -0.457 e. The van der Waals surface area contributed by atoms with Crippen molar-refractivity contribution in [3.63, 3.8) is 0 Å². The van der Waals surface area contributed by atoms with E-state index in [0.29, 0.717) is 28.4 Å². The molecule has 28 heavy (non-hydrogen) atoms. The SMILES string of the molecule is Cc1ccc(Oc2ccc(NC(=O)c3cccc(-c4nn[nH]n4)c3)cc2)cc1. The van der Waals surface area contributed by atoms with Crippen LogP contribution in [0, 0.1) is 6.92 Å². The van der Waals surface area contributed by atoms with Crippen molar-refractivity contribution < 1.29 is 9.53 Å². The van der Waals surface area contributed by atoms with Crippen LogP contribution in [-0.4, -0.2) is 26.5 Å². The number of carbonyl (C=O) groups excluding carboxylic acids is 1. The number of ether oxygens (including phenoxy) is 1. The molecule has 0 unspecified atom stereocenters. The number of aryl methyl sites for hydroxylation is 1. The predicted octanol–water partition coefficient (Wildman–Crippen LogP) is 4.22. The summed E-state index contributed by atoms with van der Waals surface area (Å²) in [6.07, 6.45) is 0. The first kappa shape index (κ1) is 17.4. The van der Waals surface area contributed by atoms with Gasteiger partial charge in [0, 0.05) is 16.8 Å². The number of tetrazole rings is 1. The van der Waals surface area contributed by atoms with Crippen molar-refractivity contribution in [2.45, 2.75) is 6.92 Å². The van der Waals surface area contributed by atoms with Gasteiger partial charge in [-0.2, -0.15) is 5.21 Å². The molecule has 1 amide bonds. The third kappa shape index (κ3) is 4.04. The molecule has 0 aliphatic carbocycles. The molecule has 0 aliphatic rings. The summed E-state index contributed by atoms with van der Waals surface area (Å²) in [5.74, 6) is 1.67. The summed E-state index contributed by atoms with van der Waals surface area (Å²) in [5, 5.41) is 16.7. The highest BCUT2D eigenvalue weighted by atomic mass is 16.5. The lowest BCUT2D eigenvalue weighted by Crippen LogP contribution is -2.11. The van der Waals surface area contributed by atoms with Crippen molar-refractivity contribution in [1.82, 2.24) is 20.6 Å². The van der Waals surface area contributed by atoms with E-state index < -0.39 is 0 Å². The summed E-state index contributed by atoms with van der Waals surface area (Å²) in [6, 6.07) is 22.1. The van der Waals surface area contributed by atoms with Crippen molar-refractivity contribution >= 4 is 11.6 Å². The summed E-state index contributed by atoms with van der Waals surface area (Å²) >= 11 is 0. The topological polar surface area (TPSA) is 92.8 Å². The zero-order chi connectivity index (χ0) is 19.3. The molecule has 0 saturated heterocycles. The van der Waals surface area contributed by atoms with Crippen LogP contribution >= 0.6 is 0 Å². The van der Waals surface area contributed by atoms with E-state index in [1.165, 1.54) is 5.56 Å². The Hall–Kier alpha value is -4.00. The molecule has 7 heteroatoms. The Balaban J connectivity index is 1.43. The lowest BCUT2D eigenvalue weighted by molar-refractivity contribution is 0.102. The molecule has 0 radical (unpaired) electrons. The molecule has 0 aliphatic heterocycles. The van der Waals surface area contributed by atoms with E-state index in [0.717, 1.165) is 5.75 Å². The van der Waals surface area contributed by atoms with Gasteiger partial charge in [-0.15, -0.1) is 10.2 Å². The molecular weight excluding hydrogens is 354 g/mol. The molecule has 1 aromatic heterocycles. The van der Waals surface area contributed by atoms with E-state index in [1.54, 1.807) is 30.3 Å². The molecule has 0 fully saturated rings. The fraction of sp³-hybridized carbons (Fsp3) is 0.0476. The van der Waals surface area contributed by atoms with Gasteiger partial charge >= 0.3 is 0 Å². The number of H-pyrrole nitrogens is 1. The molecule has 138 valence electrons. The third-order valence-electron chi connectivity index (χ3n) is 4.10. The number of nitrogens with zero attached hydrogens (tertiary/aromatic N) is 3. The molecule has 4 rings (SSSR count). The average Bonchev–Trinajstić information content (AvgIpc) is 3.26. The largest absolute Gasteiger partial charge is 0.457 e. The van der Waals surface area contributed by atoms with E-state index in [4.69, 9.17) is 4.74 Å². The van der Waals surface area contributed by atoms with Crippen LogP contribution in [0.15, 0.2) is 72.8 Å². The van der Waals surface area contributed by atoms with Crippen molar-refractivity contribution in [3.05, 3.63) is 83.9 Å². The van der Waals surface area contributed by atoms with Crippen LogP contribution in [0.3, 0.4) is 0 Å². The van der Waals surface area contributed by atoms with E-state index in [1.807, 2.05) is 49.4 Å². The van der Waals surface area contributed by atoms with Gasteiger partial charge in [-0.1, -0.05) is 29.8 Å². The second-order valence-electron chi connectivity index (χ2n) is 6.21. The lowest BCUT2D eigenvalue weighted by Gasteiger charge is -2.09. The van der Waals surface area contributed by atoms with E-state index in [9.17, 15) is 4.79 Å². The molecule has 0 bridgehead atoms. The molecule has 1 heterocycles.